The molecule has 0 spiro atoms. The Hall–Kier alpha value is -1.56. The summed E-state index contributed by atoms with van der Waals surface area (Å²) in [6, 6.07) is 16.4. The molecule has 0 radical (unpaired) electrons. The van der Waals surface area contributed by atoms with E-state index in [2.05, 4.69) is 41.6 Å². The molecule has 29 heavy (non-hydrogen) atoms. The van der Waals surface area contributed by atoms with E-state index in [0.717, 1.165) is 44.5 Å². The zero-order valence-electron chi connectivity index (χ0n) is 17.1. The summed E-state index contributed by atoms with van der Waals surface area (Å²) in [6.07, 6.45) is 4.33. The van der Waals surface area contributed by atoms with Crippen LogP contribution in [0.5, 0.6) is 5.75 Å². The van der Waals surface area contributed by atoms with Crippen LogP contribution in [0.1, 0.15) is 49.0 Å². The number of ether oxygens (including phenoxy) is 2. The molecule has 0 unspecified atom stereocenters. The zero-order chi connectivity index (χ0) is 20.1. The van der Waals surface area contributed by atoms with E-state index in [0.29, 0.717) is 36.1 Å². The number of benzene rings is 2. The second kappa shape index (κ2) is 9.96. The van der Waals surface area contributed by atoms with Crippen molar-refractivity contribution in [2.24, 2.45) is 5.92 Å². The van der Waals surface area contributed by atoms with Crippen LogP contribution in [0.25, 0.3) is 0 Å². The van der Waals surface area contributed by atoms with Gasteiger partial charge in [-0.25, -0.2) is 8.70 Å². The summed E-state index contributed by atoms with van der Waals surface area (Å²) in [5.74, 6) is 0.954. The molecule has 2 aliphatic heterocycles. The third kappa shape index (κ3) is 5.53. The molecule has 2 atom stereocenters. The molecule has 0 N–H and O–H groups in total. The van der Waals surface area contributed by atoms with Crippen molar-refractivity contribution >= 4 is 11.9 Å². The third-order valence-corrected chi connectivity index (χ3v) is 7.47. The van der Waals surface area contributed by atoms with Crippen LogP contribution < -0.4 is 4.74 Å². The lowest BCUT2D eigenvalue weighted by molar-refractivity contribution is 0.0497. The van der Waals surface area contributed by atoms with Crippen molar-refractivity contribution in [1.82, 2.24) is 4.31 Å². The van der Waals surface area contributed by atoms with E-state index in [1.807, 2.05) is 24.1 Å². The summed E-state index contributed by atoms with van der Waals surface area (Å²) < 4.78 is 28.4. The Bertz CT molecular complexity index is 782. The summed E-state index contributed by atoms with van der Waals surface area (Å²) in [5, 5.41) is 0.442. The van der Waals surface area contributed by atoms with Crippen molar-refractivity contribution in [3.8, 4) is 5.75 Å². The first-order valence-corrected chi connectivity index (χ1v) is 11.5. The van der Waals surface area contributed by atoms with E-state index in [1.165, 1.54) is 5.56 Å². The summed E-state index contributed by atoms with van der Waals surface area (Å²) in [7, 11) is 0. The molecule has 2 saturated heterocycles. The molecule has 2 aliphatic rings. The molecule has 3 nitrogen and oxygen atoms in total. The Labute approximate surface area is 177 Å². The van der Waals surface area contributed by atoms with E-state index < -0.39 is 0 Å². The van der Waals surface area contributed by atoms with Crippen LogP contribution in [-0.4, -0.2) is 30.2 Å². The largest absolute Gasteiger partial charge is 0.493 e. The second-order valence-electron chi connectivity index (χ2n) is 8.13. The standard InChI is InChI=1S/C24H30FNO2S/c1-18-7-10-24(20-5-3-2-4-6-20)29-26(18)16-21-8-9-22(15-23(21)25)28-17-19-11-13-27-14-12-19/h2-6,8-9,15,18-19,24H,7,10-14,16-17H2,1H3/t18-,24+/m0/s1. The lowest BCUT2D eigenvalue weighted by Crippen LogP contribution is -2.31. The van der Waals surface area contributed by atoms with E-state index in [-0.39, 0.29) is 5.82 Å². The Kier molecular flexibility index (Phi) is 7.11. The van der Waals surface area contributed by atoms with Gasteiger partial charge in [0.1, 0.15) is 11.6 Å². The summed E-state index contributed by atoms with van der Waals surface area (Å²) in [6.45, 7) is 5.09. The molecule has 2 fully saturated rings. The third-order valence-electron chi connectivity index (χ3n) is 5.95. The van der Waals surface area contributed by atoms with E-state index in [1.54, 1.807) is 6.07 Å². The van der Waals surface area contributed by atoms with Gasteiger partial charge in [-0.05, 0) is 50.2 Å². The van der Waals surface area contributed by atoms with Gasteiger partial charge in [0.15, 0.2) is 0 Å². The van der Waals surface area contributed by atoms with Gasteiger partial charge in [0, 0.05) is 42.7 Å². The van der Waals surface area contributed by atoms with Gasteiger partial charge in [0.05, 0.1) is 6.61 Å². The molecular formula is C24H30FNO2S. The molecule has 2 heterocycles. The van der Waals surface area contributed by atoms with Gasteiger partial charge in [0.2, 0.25) is 0 Å². The molecule has 0 aromatic heterocycles. The first-order chi connectivity index (χ1) is 14.2. The van der Waals surface area contributed by atoms with Gasteiger partial charge in [-0.3, -0.25) is 0 Å². The highest BCUT2D eigenvalue weighted by molar-refractivity contribution is 7.97. The maximum absolute atomic E-state index is 14.8. The van der Waals surface area contributed by atoms with Crippen molar-refractivity contribution in [3.05, 3.63) is 65.5 Å². The fraction of sp³-hybridized carbons (Fsp3) is 0.500. The monoisotopic (exact) mass is 415 g/mol. The van der Waals surface area contributed by atoms with Crippen LogP contribution in [0.4, 0.5) is 4.39 Å². The zero-order valence-corrected chi connectivity index (χ0v) is 17.9. The minimum atomic E-state index is -0.177. The van der Waals surface area contributed by atoms with Gasteiger partial charge >= 0.3 is 0 Å². The number of hydrogen-bond acceptors (Lipinski definition) is 4. The van der Waals surface area contributed by atoms with Gasteiger partial charge in [-0.2, -0.15) is 0 Å². The SMILES string of the molecule is C[C@H]1CC[C@H](c2ccccc2)SN1Cc1ccc(OCC2CCOCC2)cc1F. The van der Waals surface area contributed by atoms with Crippen molar-refractivity contribution in [2.45, 2.75) is 50.4 Å². The number of rotatable bonds is 6. The smallest absolute Gasteiger partial charge is 0.131 e. The van der Waals surface area contributed by atoms with Crippen LogP contribution in [0.15, 0.2) is 48.5 Å². The molecule has 5 heteroatoms. The minimum absolute atomic E-state index is 0.177. The highest BCUT2D eigenvalue weighted by Crippen LogP contribution is 2.43. The quantitative estimate of drug-likeness (QED) is 0.539. The van der Waals surface area contributed by atoms with Gasteiger partial charge in [-0.15, -0.1) is 0 Å². The van der Waals surface area contributed by atoms with E-state index >= 15 is 0 Å². The maximum atomic E-state index is 14.8. The van der Waals surface area contributed by atoms with Crippen LogP contribution in [0, 0.1) is 11.7 Å². The maximum Gasteiger partial charge on any atom is 0.131 e. The van der Waals surface area contributed by atoms with Crippen LogP contribution in [-0.2, 0) is 11.3 Å². The minimum Gasteiger partial charge on any atom is -0.493 e. The molecule has 0 saturated carbocycles. The Morgan fingerprint density at radius 2 is 1.86 bits per heavy atom. The van der Waals surface area contributed by atoms with Crippen molar-refractivity contribution < 1.29 is 13.9 Å². The highest BCUT2D eigenvalue weighted by atomic mass is 32.2. The Morgan fingerprint density at radius 3 is 2.62 bits per heavy atom. The lowest BCUT2D eigenvalue weighted by atomic mass is 10.0. The fourth-order valence-corrected chi connectivity index (χ4v) is 5.36. The number of hydrogen-bond donors (Lipinski definition) is 0. The molecule has 156 valence electrons. The average Bonchev–Trinajstić information content (AvgIpc) is 2.77. The molecule has 2 aromatic carbocycles. The van der Waals surface area contributed by atoms with Crippen LogP contribution in [0.2, 0.25) is 0 Å². The first-order valence-electron chi connectivity index (χ1n) is 10.7. The first kappa shape index (κ1) is 20.7. The Balaban J connectivity index is 1.36. The topological polar surface area (TPSA) is 21.7 Å². The number of halogens is 1. The predicted molar refractivity (Wildman–Crippen MR) is 116 cm³/mol. The van der Waals surface area contributed by atoms with E-state index in [9.17, 15) is 4.39 Å². The van der Waals surface area contributed by atoms with E-state index in [4.69, 9.17) is 9.47 Å². The molecular weight excluding hydrogens is 385 g/mol. The predicted octanol–water partition coefficient (Wildman–Crippen LogP) is 6.00. The lowest BCUT2D eigenvalue weighted by Gasteiger charge is -2.37. The summed E-state index contributed by atoms with van der Waals surface area (Å²) in [5.41, 5.74) is 2.09. The second-order valence-corrected chi connectivity index (χ2v) is 9.38. The Morgan fingerprint density at radius 1 is 1.07 bits per heavy atom. The summed E-state index contributed by atoms with van der Waals surface area (Å²) >= 11 is 1.85. The molecule has 0 amide bonds. The van der Waals surface area contributed by atoms with Crippen molar-refractivity contribution in [3.63, 3.8) is 0 Å². The fourth-order valence-electron chi connectivity index (χ4n) is 3.99. The molecule has 0 bridgehead atoms. The van der Waals surface area contributed by atoms with Gasteiger partial charge in [-0.1, -0.05) is 48.3 Å². The molecule has 4 rings (SSSR count). The highest BCUT2D eigenvalue weighted by Gasteiger charge is 2.28. The number of nitrogens with zero attached hydrogens (tertiary/aromatic N) is 1. The van der Waals surface area contributed by atoms with Gasteiger partial charge in [0.25, 0.3) is 0 Å². The molecule has 0 aliphatic carbocycles. The summed E-state index contributed by atoms with van der Waals surface area (Å²) in [4.78, 5) is 0. The van der Waals surface area contributed by atoms with Crippen molar-refractivity contribution in [2.75, 3.05) is 19.8 Å². The normalized spacial score (nSPS) is 23.8. The van der Waals surface area contributed by atoms with Crippen LogP contribution >= 0.6 is 11.9 Å². The average molecular weight is 416 g/mol. The van der Waals surface area contributed by atoms with Crippen molar-refractivity contribution in [1.29, 1.82) is 0 Å². The van der Waals surface area contributed by atoms with Crippen LogP contribution in [0.3, 0.4) is 0 Å². The molecule has 2 aromatic rings. The van der Waals surface area contributed by atoms with Gasteiger partial charge < -0.3 is 9.47 Å².